The summed E-state index contributed by atoms with van der Waals surface area (Å²) in [7, 11) is -3.04. The van der Waals surface area contributed by atoms with Gasteiger partial charge >= 0.3 is 0 Å². The van der Waals surface area contributed by atoms with Crippen LogP contribution in [0.15, 0.2) is 4.99 Å². The van der Waals surface area contributed by atoms with E-state index in [1.54, 1.807) is 4.31 Å². The van der Waals surface area contributed by atoms with E-state index in [0.29, 0.717) is 19.0 Å². The Balaban J connectivity index is 0.00000576. The molecular weight excluding hydrogens is 451 g/mol. The molecule has 1 fully saturated rings. The molecule has 0 bridgehead atoms. The molecule has 0 amide bonds. The van der Waals surface area contributed by atoms with E-state index in [-0.39, 0.29) is 24.0 Å². The minimum absolute atomic E-state index is 0. The third-order valence-electron chi connectivity index (χ3n) is 4.40. The molecule has 1 aliphatic rings. The van der Waals surface area contributed by atoms with E-state index in [9.17, 15) is 8.42 Å². The van der Waals surface area contributed by atoms with Gasteiger partial charge in [-0.1, -0.05) is 26.7 Å². The van der Waals surface area contributed by atoms with E-state index >= 15 is 0 Å². The van der Waals surface area contributed by atoms with Crippen molar-refractivity contribution < 1.29 is 8.42 Å². The predicted octanol–water partition coefficient (Wildman–Crippen LogP) is 2.66. The first-order valence-corrected chi connectivity index (χ1v) is 11.1. The second kappa shape index (κ2) is 13.1. The molecule has 8 heteroatoms. The quantitative estimate of drug-likeness (QED) is 0.227. The number of piperidine rings is 1. The monoisotopic (exact) mass is 488 g/mol. The van der Waals surface area contributed by atoms with E-state index in [0.717, 1.165) is 50.8 Å². The van der Waals surface area contributed by atoms with Crippen LogP contribution < -0.4 is 10.6 Å². The summed E-state index contributed by atoms with van der Waals surface area (Å²) in [6.45, 7) is 10.4. The van der Waals surface area contributed by atoms with Crippen LogP contribution in [0.2, 0.25) is 0 Å². The van der Waals surface area contributed by atoms with E-state index in [4.69, 9.17) is 0 Å². The fourth-order valence-electron chi connectivity index (χ4n) is 2.87. The predicted molar refractivity (Wildman–Crippen MR) is 117 cm³/mol. The zero-order chi connectivity index (χ0) is 18.0. The first kappa shape index (κ1) is 24.9. The number of sulfonamides is 1. The summed E-state index contributed by atoms with van der Waals surface area (Å²) in [6, 6.07) is 0. The van der Waals surface area contributed by atoms with Crippen molar-refractivity contribution in [3.63, 3.8) is 0 Å². The van der Waals surface area contributed by atoms with E-state index in [1.165, 1.54) is 19.1 Å². The Morgan fingerprint density at radius 1 is 1.20 bits per heavy atom. The van der Waals surface area contributed by atoms with Gasteiger partial charge in [-0.25, -0.2) is 12.7 Å². The average Bonchev–Trinajstić information content (AvgIpc) is 2.51. The number of halogens is 1. The number of unbranched alkanes of at least 4 members (excludes halogenated alkanes) is 1. The molecule has 25 heavy (non-hydrogen) atoms. The second-order valence-electron chi connectivity index (χ2n) is 7.14. The van der Waals surface area contributed by atoms with E-state index in [2.05, 4.69) is 36.4 Å². The van der Waals surface area contributed by atoms with E-state index in [1.807, 2.05) is 0 Å². The molecule has 0 saturated carbocycles. The maximum Gasteiger partial charge on any atom is 0.211 e. The molecule has 2 N–H and O–H groups in total. The van der Waals surface area contributed by atoms with Crippen molar-refractivity contribution in [1.82, 2.24) is 14.9 Å². The fraction of sp³-hybridized carbons (Fsp3) is 0.941. The molecule has 0 spiro atoms. The average molecular weight is 488 g/mol. The first-order valence-electron chi connectivity index (χ1n) is 9.30. The summed E-state index contributed by atoms with van der Waals surface area (Å²) < 4.78 is 24.6. The lowest BCUT2D eigenvalue weighted by Gasteiger charge is -2.29. The van der Waals surface area contributed by atoms with Gasteiger partial charge in [0.2, 0.25) is 10.0 Å². The van der Waals surface area contributed by atoms with Crippen molar-refractivity contribution in [2.45, 2.75) is 52.9 Å². The molecule has 0 radical (unpaired) electrons. The Morgan fingerprint density at radius 3 is 2.36 bits per heavy atom. The van der Waals surface area contributed by atoms with Gasteiger partial charge < -0.3 is 10.6 Å². The van der Waals surface area contributed by atoms with Gasteiger partial charge in [-0.15, -0.1) is 24.0 Å². The molecule has 0 aromatic carbocycles. The maximum absolute atomic E-state index is 11.5. The zero-order valence-electron chi connectivity index (χ0n) is 16.3. The molecule has 1 aliphatic heterocycles. The highest BCUT2D eigenvalue weighted by Gasteiger charge is 2.24. The Hall–Kier alpha value is -0.0900. The molecule has 0 unspecified atom stereocenters. The third-order valence-corrected chi connectivity index (χ3v) is 5.70. The molecule has 0 aliphatic carbocycles. The summed E-state index contributed by atoms with van der Waals surface area (Å²) in [5, 5.41) is 6.69. The summed E-state index contributed by atoms with van der Waals surface area (Å²) in [5.41, 5.74) is 0. The number of guanidine groups is 1. The van der Waals surface area contributed by atoms with E-state index < -0.39 is 10.0 Å². The van der Waals surface area contributed by atoms with Crippen LogP contribution in [0.5, 0.6) is 0 Å². The molecule has 1 heterocycles. The standard InChI is InChI=1S/C17H36N4O2S.HI/c1-5-18-17(19-11-7-6-8-15(2)3)20-14-16-9-12-21(13-10-16)24(4,22)23;/h15-16H,5-14H2,1-4H3,(H2,18,19,20);1H. The van der Waals surface area contributed by atoms with Crippen LogP contribution in [0.3, 0.4) is 0 Å². The number of hydrogen-bond donors (Lipinski definition) is 2. The number of nitrogens with zero attached hydrogens (tertiary/aromatic N) is 2. The molecule has 0 aromatic rings. The maximum atomic E-state index is 11.5. The molecule has 0 aromatic heterocycles. The van der Waals surface area contributed by atoms with Crippen LogP contribution in [-0.4, -0.2) is 57.7 Å². The SMILES string of the molecule is CCNC(=NCC1CCN(S(C)(=O)=O)CC1)NCCCCC(C)C.I. The zero-order valence-corrected chi connectivity index (χ0v) is 19.4. The Kier molecular flexibility index (Phi) is 13.1. The highest BCUT2D eigenvalue weighted by Crippen LogP contribution is 2.19. The van der Waals surface area contributed by atoms with Gasteiger partial charge in [0.05, 0.1) is 6.26 Å². The Bertz CT molecular complexity index is 475. The summed E-state index contributed by atoms with van der Waals surface area (Å²) in [6.07, 6.45) is 6.75. The first-order chi connectivity index (χ1) is 11.3. The number of rotatable bonds is 9. The molecule has 6 nitrogen and oxygen atoms in total. The lowest BCUT2D eigenvalue weighted by Crippen LogP contribution is -2.40. The van der Waals surface area contributed by atoms with Gasteiger partial charge in [0.15, 0.2) is 5.96 Å². The topological polar surface area (TPSA) is 73.8 Å². The molecular formula is C17H37IN4O2S. The third kappa shape index (κ3) is 11.3. The molecule has 1 saturated heterocycles. The van der Waals surface area contributed by atoms with Gasteiger partial charge in [0.1, 0.15) is 0 Å². The molecule has 1 rings (SSSR count). The minimum atomic E-state index is -3.04. The van der Waals surface area contributed by atoms with Crippen LogP contribution >= 0.6 is 24.0 Å². The largest absolute Gasteiger partial charge is 0.357 e. The van der Waals surface area contributed by atoms with Crippen molar-refractivity contribution in [3.05, 3.63) is 0 Å². The van der Waals surface area contributed by atoms with Crippen LogP contribution in [0.4, 0.5) is 0 Å². The summed E-state index contributed by atoms with van der Waals surface area (Å²) in [4.78, 5) is 4.68. The smallest absolute Gasteiger partial charge is 0.211 e. The lowest BCUT2D eigenvalue weighted by molar-refractivity contribution is 0.280. The highest BCUT2D eigenvalue weighted by molar-refractivity contribution is 14.0. The van der Waals surface area contributed by atoms with Gasteiger partial charge in [-0.2, -0.15) is 0 Å². The summed E-state index contributed by atoms with van der Waals surface area (Å²) >= 11 is 0. The second-order valence-corrected chi connectivity index (χ2v) is 9.12. The van der Waals surface area contributed by atoms with Crippen LogP contribution in [0, 0.1) is 11.8 Å². The van der Waals surface area contributed by atoms with Crippen molar-refractivity contribution in [1.29, 1.82) is 0 Å². The normalized spacial score (nSPS) is 17.4. The number of nitrogens with one attached hydrogen (secondary N) is 2. The van der Waals surface area contributed by atoms with Crippen molar-refractivity contribution in [3.8, 4) is 0 Å². The highest BCUT2D eigenvalue weighted by atomic mass is 127. The van der Waals surface area contributed by atoms with Crippen LogP contribution in [0.25, 0.3) is 0 Å². The summed E-state index contributed by atoms with van der Waals surface area (Å²) in [5.74, 6) is 2.12. The fourth-order valence-corrected chi connectivity index (χ4v) is 3.74. The Labute approximate surface area is 171 Å². The Morgan fingerprint density at radius 2 is 1.84 bits per heavy atom. The van der Waals surface area contributed by atoms with Crippen LogP contribution in [0.1, 0.15) is 52.9 Å². The molecule has 0 atom stereocenters. The van der Waals surface area contributed by atoms with Crippen molar-refractivity contribution >= 4 is 40.0 Å². The van der Waals surface area contributed by atoms with Gasteiger partial charge in [-0.05, 0) is 38.0 Å². The van der Waals surface area contributed by atoms with Crippen molar-refractivity contribution in [2.24, 2.45) is 16.8 Å². The van der Waals surface area contributed by atoms with Crippen LogP contribution in [-0.2, 0) is 10.0 Å². The number of aliphatic imine (C=N–C) groups is 1. The minimum Gasteiger partial charge on any atom is -0.357 e. The van der Waals surface area contributed by atoms with Gasteiger partial charge in [0, 0.05) is 32.7 Å². The van der Waals surface area contributed by atoms with Gasteiger partial charge in [-0.3, -0.25) is 4.99 Å². The number of hydrogen-bond acceptors (Lipinski definition) is 3. The van der Waals surface area contributed by atoms with Gasteiger partial charge in [0.25, 0.3) is 0 Å². The lowest BCUT2D eigenvalue weighted by atomic mass is 9.98. The molecule has 150 valence electrons. The van der Waals surface area contributed by atoms with Crippen molar-refractivity contribution in [2.75, 3.05) is 39.0 Å².